The molecule has 168 valence electrons. The van der Waals surface area contributed by atoms with Gasteiger partial charge in [-0.3, -0.25) is 24.4 Å². The van der Waals surface area contributed by atoms with E-state index in [0.29, 0.717) is 23.2 Å². The number of rotatable bonds is 6. The summed E-state index contributed by atoms with van der Waals surface area (Å²) < 4.78 is 5.26. The molecule has 2 aromatic carbocycles. The molecule has 3 heterocycles. The molecule has 1 aliphatic carbocycles. The van der Waals surface area contributed by atoms with Crippen LogP contribution in [0.4, 0.5) is 5.69 Å². The molecule has 0 unspecified atom stereocenters. The predicted molar refractivity (Wildman–Crippen MR) is 121 cm³/mol. The molecule has 0 atom stereocenters. The number of anilines is 1. The zero-order valence-corrected chi connectivity index (χ0v) is 17.9. The average Bonchev–Trinajstić information content (AvgIpc) is 3.26. The first-order valence-corrected chi connectivity index (χ1v) is 10.9. The van der Waals surface area contributed by atoms with Crippen LogP contribution in [0.5, 0.6) is 0 Å². The van der Waals surface area contributed by atoms with Crippen molar-refractivity contribution < 1.29 is 18.8 Å². The van der Waals surface area contributed by atoms with Gasteiger partial charge in [0.2, 0.25) is 0 Å². The number of aromatic nitrogens is 3. The van der Waals surface area contributed by atoms with Gasteiger partial charge in [-0.15, -0.1) is 0 Å². The number of H-pyrrole nitrogens is 1. The molecule has 9 nitrogen and oxygen atoms in total. The predicted octanol–water partition coefficient (Wildman–Crippen LogP) is 3.99. The highest BCUT2D eigenvalue weighted by molar-refractivity contribution is 6.22. The minimum atomic E-state index is -0.455. The lowest BCUT2D eigenvalue weighted by molar-refractivity contribution is 0.0631. The van der Waals surface area contributed by atoms with E-state index in [-0.39, 0.29) is 23.2 Å². The maximum Gasteiger partial charge on any atom is 0.261 e. The van der Waals surface area contributed by atoms with Crippen LogP contribution in [-0.4, -0.2) is 37.8 Å². The lowest BCUT2D eigenvalue weighted by Gasteiger charge is -2.11. The van der Waals surface area contributed by atoms with Gasteiger partial charge in [-0.25, -0.2) is 4.98 Å². The molecular weight excluding hydrogens is 434 g/mol. The summed E-state index contributed by atoms with van der Waals surface area (Å²) in [4.78, 5) is 44.1. The first-order valence-electron chi connectivity index (χ1n) is 10.9. The maximum absolute atomic E-state index is 12.9. The normalized spacial score (nSPS) is 15.0. The number of carbonyl (C=O) groups is 3. The number of carbonyl (C=O) groups excluding carboxylic acids is 3. The molecule has 4 aromatic rings. The lowest BCUT2D eigenvalue weighted by Crippen LogP contribution is -2.28. The summed E-state index contributed by atoms with van der Waals surface area (Å²) in [6.45, 7) is 0.0390. The van der Waals surface area contributed by atoms with Gasteiger partial charge < -0.3 is 9.73 Å². The topological polar surface area (TPSA) is 121 Å². The van der Waals surface area contributed by atoms with Crippen LogP contribution in [0.2, 0.25) is 0 Å². The van der Waals surface area contributed by atoms with Crippen molar-refractivity contribution in [2.45, 2.75) is 25.3 Å². The smallest absolute Gasteiger partial charge is 0.261 e. The fourth-order valence-electron chi connectivity index (χ4n) is 4.02. The minimum absolute atomic E-state index is 0.0390. The summed E-state index contributed by atoms with van der Waals surface area (Å²) in [5, 5.41) is 10.1. The largest absolute Gasteiger partial charge is 0.467 e. The Labute approximate surface area is 193 Å². The van der Waals surface area contributed by atoms with E-state index in [1.165, 1.54) is 24.5 Å². The molecular formula is C25H19N5O4. The van der Waals surface area contributed by atoms with Crippen LogP contribution in [0.3, 0.4) is 0 Å². The van der Waals surface area contributed by atoms with Crippen LogP contribution in [0.15, 0.2) is 65.3 Å². The van der Waals surface area contributed by atoms with Crippen LogP contribution in [0, 0.1) is 0 Å². The van der Waals surface area contributed by atoms with E-state index >= 15 is 0 Å². The van der Waals surface area contributed by atoms with Crippen molar-refractivity contribution in [3.63, 3.8) is 0 Å². The number of hydrogen-bond acceptors (Lipinski definition) is 6. The molecule has 9 heteroatoms. The van der Waals surface area contributed by atoms with Crippen molar-refractivity contribution in [2.75, 3.05) is 5.32 Å². The first-order chi connectivity index (χ1) is 16.6. The molecule has 1 saturated carbocycles. The van der Waals surface area contributed by atoms with Gasteiger partial charge in [-0.2, -0.15) is 5.10 Å². The van der Waals surface area contributed by atoms with Crippen molar-refractivity contribution in [3.05, 3.63) is 89.1 Å². The third-order valence-corrected chi connectivity index (χ3v) is 5.97. The molecule has 1 aliphatic heterocycles. The van der Waals surface area contributed by atoms with Gasteiger partial charge in [0.25, 0.3) is 17.7 Å². The standard InChI is InChI=1S/C25H19N5O4/c31-23(26-17-4-1-3-15(11-17)22-27-21(28-29-22)14-6-7-14)16-8-9-19-20(12-16)25(33)30(24(19)32)13-18-5-2-10-34-18/h1-5,8-12,14H,6-7,13H2,(H,26,31)(H,27,28,29). The molecule has 3 amide bonds. The van der Waals surface area contributed by atoms with Crippen LogP contribution < -0.4 is 5.32 Å². The monoisotopic (exact) mass is 453 g/mol. The van der Waals surface area contributed by atoms with Gasteiger partial charge in [0.15, 0.2) is 5.82 Å². The minimum Gasteiger partial charge on any atom is -0.467 e. The van der Waals surface area contributed by atoms with Gasteiger partial charge in [0.1, 0.15) is 11.6 Å². The second-order valence-corrected chi connectivity index (χ2v) is 8.39. The number of imide groups is 1. The zero-order chi connectivity index (χ0) is 23.2. The average molecular weight is 453 g/mol. The molecule has 1 fully saturated rings. The number of benzene rings is 2. The summed E-state index contributed by atoms with van der Waals surface area (Å²) in [6.07, 6.45) is 3.74. The summed E-state index contributed by atoms with van der Waals surface area (Å²) in [5.41, 5.74) is 2.10. The highest BCUT2D eigenvalue weighted by Gasteiger charge is 2.36. The van der Waals surface area contributed by atoms with Crippen LogP contribution >= 0.6 is 0 Å². The third kappa shape index (κ3) is 3.57. The van der Waals surface area contributed by atoms with Crippen LogP contribution in [-0.2, 0) is 6.54 Å². The maximum atomic E-state index is 12.9. The number of aromatic amines is 1. The third-order valence-electron chi connectivity index (χ3n) is 5.97. The molecule has 0 saturated heterocycles. The molecule has 0 bridgehead atoms. The summed E-state index contributed by atoms with van der Waals surface area (Å²) in [7, 11) is 0. The number of nitrogens with zero attached hydrogens (tertiary/aromatic N) is 3. The number of hydrogen-bond donors (Lipinski definition) is 2. The molecule has 34 heavy (non-hydrogen) atoms. The van der Waals surface area contributed by atoms with E-state index in [4.69, 9.17) is 4.42 Å². The van der Waals surface area contributed by atoms with Gasteiger partial charge in [0, 0.05) is 22.7 Å². The van der Waals surface area contributed by atoms with Crippen LogP contribution in [0.25, 0.3) is 11.4 Å². The Hall–Kier alpha value is -4.53. The van der Waals surface area contributed by atoms with E-state index in [1.807, 2.05) is 12.1 Å². The Bertz CT molecular complexity index is 1440. The van der Waals surface area contributed by atoms with E-state index in [9.17, 15) is 14.4 Å². The van der Waals surface area contributed by atoms with E-state index in [1.54, 1.807) is 24.3 Å². The van der Waals surface area contributed by atoms with E-state index < -0.39 is 17.7 Å². The molecule has 6 rings (SSSR count). The molecule has 2 aromatic heterocycles. The summed E-state index contributed by atoms with van der Waals surface area (Å²) >= 11 is 0. The Balaban J connectivity index is 1.20. The second-order valence-electron chi connectivity index (χ2n) is 8.39. The summed E-state index contributed by atoms with van der Waals surface area (Å²) in [6, 6.07) is 15.1. The Morgan fingerprint density at radius 3 is 2.71 bits per heavy atom. The zero-order valence-electron chi connectivity index (χ0n) is 17.9. The lowest BCUT2D eigenvalue weighted by atomic mass is 10.1. The number of fused-ring (bicyclic) bond motifs is 1. The van der Waals surface area contributed by atoms with Crippen molar-refractivity contribution in [1.29, 1.82) is 0 Å². The highest BCUT2D eigenvalue weighted by atomic mass is 16.3. The molecule has 2 aliphatic rings. The Kier molecular flexibility index (Phi) is 4.61. The van der Waals surface area contributed by atoms with Crippen molar-refractivity contribution >= 4 is 23.4 Å². The number of amides is 3. The van der Waals surface area contributed by atoms with Crippen molar-refractivity contribution in [2.24, 2.45) is 0 Å². The van der Waals surface area contributed by atoms with Crippen molar-refractivity contribution in [3.8, 4) is 11.4 Å². The number of furan rings is 1. The van der Waals surface area contributed by atoms with E-state index in [2.05, 4.69) is 20.5 Å². The Morgan fingerprint density at radius 2 is 1.91 bits per heavy atom. The van der Waals surface area contributed by atoms with Gasteiger partial charge >= 0.3 is 0 Å². The SMILES string of the molecule is O=C(Nc1cccc(-c2n[nH]c(C3CC3)n2)c1)c1ccc2c(c1)C(=O)N(Cc1ccco1)C2=O. The highest BCUT2D eigenvalue weighted by Crippen LogP contribution is 2.38. The fraction of sp³-hybridized carbons (Fsp3) is 0.160. The molecule has 0 radical (unpaired) electrons. The van der Waals surface area contributed by atoms with Gasteiger partial charge in [0.05, 0.1) is 23.9 Å². The van der Waals surface area contributed by atoms with Gasteiger partial charge in [-0.05, 0) is 55.3 Å². The summed E-state index contributed by atoms with van der Waals surface area (Å²) in [5.74, 6) is 1.19. The Morgan fingerprint density at radius 1 is 1.06 bits per heavy atom. The first kappa shape index (κ1) is 20.1. The second kappa shape index (κ2) is 7.80. The van der Waals surface area contributed by atoms with Crippen LogP contribution in [0.1, 0.15) is 61.4 Å². The quantitative estimate of drug-likeness (QED) is 0.426. The number of nitrogens with one attached hydrogen (secondary N) is 2. The van der Waals surface area contributed by atoms with Crippen molar-refractivity contribution in [1.82, 2.24) is 20.1 Å². The fourth-order valence-corrected chi connectivity index (χ4v) is 4.02. The van der Waals surface area contributed by atoms with E-state index in [0.717, 1.165) is 29.1 Å². The van der Waals surface area contributed by atoms with Gasteiger partial charge in [-0.1, -0.05) is 12.1 Å². The molecule has 0 spiro atoms. The molecule has 2 N–H and O–H groups in total.